The van der Waals surface area contributed by atoms with E-state index in [1.54, 1.807) is 0 Å². The van der Waals surface area contributed by atoms with Crippen LogP contribution in [-0.4, -0.2) is 5.92 Å². The van der Waals surface area contributed by atoms with Crippen LogP contribution in [0.3, 0.4) is 0 Å². The molecule has 12 heavy (non-hydrogen) atoms. The summed E-state index contributed by atoms with van der Waals surface area (Å²) in [6.45, 7) is 2.03. The maximum atomic E-state index is 12.8. The van der Waals surface area contributed by atoms with Gasteiger partial charge in [-0.05, 0) is 25.2 Å². The van der Waals surface area contributed by atoms with Crippen molar-refractivity contribution in [2.45, 2.75) is 45.0 Å². The predicted molar refractivity (Wildman–Crippen MR) is 46.3 cm³/mol. The zero-order chi connectivity index (χ0) is 9.03. The molecule has 1 atom stereocenters. The van der Waals surface area contributed by atoms with E-state index < -0.39 is 5.92 Å². The molecule has 0 N–H and O–H groups in total. The van der Waals surface area contributed by atoms with Crippen molar-refractivity contribution in [2.24, 2.45) is 5.92 Å². The monoisotopic (exact) mass is 174 g/mol. The van der Waals surface area contributed by atoms with Crippen molar-refractivity contribution in [3.05, 3.63) is 12.2 Å². The van der Waals surface area contributed by atoms with Gasteiger partial charge in [0.15, 0.2) is 0 Å². The van der Waals surface area contributed by atoms with Gasteiger partial charge >= 0.3 is 0 Å². The highest BCUT2D eigenvalue weighted by atomic mass is 19.3. The van der Waals surface area contributed by atoms with Crippen LogP contribution in [0.25, 0.3) is 0 Å². The van der Waals surface area contributed by atoms with Crippen molar-refractivity contribution in [3.63, 3.8) is 0 Å². The quantitative estimate of drug-likeness (QED) is 0.559. The molecule has 0 spiro atoms. The minimum absolute atomic E-state index is 0.0590. The molecule has 0 aromatic rings. The fourth-order valence-electron chi connectivity index (χ4n) is 1.70. The van der Waals surface area contributed by atoms with Crippen LogP contribution in [0.2, 0.25) is 0 Å². The first-order valence-electron chi connectivity index (χ1n) is 4.68. The summed E-state index contributed by atoms with van der Waals surface area (Å²) in [4.78, 5) is 0. The van der Waals surface area contributed by atoms with Crippen molar-refractivity contribution in [3.8, 4) is 0 Å². The molecule has 1 aliphatic rings. The summed E-state index contributed by atoms with van der Waals surface area (Å²) >= 11 is 0. The van der Waals surface area contributed by atoms with E-state index >= 15 is 0 Å². The maximum absolute atomic E-state index is 12.8. The number of halogens is 2. The zero-order valence-corrected chi connectivity index (χ0v) is 7.52. The second kappa shape index (κ2) is 4.01. The van der Waals surface area contributed by atoms with E-state index in [0.29, 0.717) is 6.42 Å². The highest BCUT2D eigenvalue weighted by molar-refractivity contribution is 4.92. The molecule has 1 unspecified atom stereocenters. The molecule has 0 aromatic carbocycles. The second-order valence-corrected chi connectivity index (χ2v) is 3.55. The van der Waals surface area contributed by atoms with Crippen LogP contribution in [0.5, 0.6) is 0 Å². The van der Waals surface area contributed by atoms with Crippen LogP contribution in [-0.2, 0) is 0 Å². The maximum Gasteiger partial charge on any atom is 0.248 e. The van der Waals surface area contributed by atoms with Gasteiger partial charge in [-0.2, -0.15) is 0 Å². The van der Waals surface area contributed by atoms with Crippen LogP contribution in [0.15, 0.2) is 12.2 Å². The Bertz CT molecular complexity index is 161. The van der Waals surface area contributed by atoms with Gasteiger partial charge in [0.05, 0.1) is 0 Å². The van der Waals surface area contributed by atoms with Gasteiger partial charge in [0.2, 0.25) is 5.92 Å². The van der Waals surface area contributed by atoms with Crippen LogP contribution in [0, 0.1) is 5.92 Å². The van der Waals surface area contributed by atoms with Gasteiger partial charge in [0.1, 0.15) is 0 Å². The molecule has 1 aliphatic carbocycles. The fraction of sp³-hybridized carbons (Fsp3) is 0.800. The third kappa shape index (κ3) is 2.92. The van der Waals surface area contributed by atoms with Crippen LogP contribution < -0.4 is 0 Å². The van der Waals surface area contributed by atoms with E-state index in [4.69, 9.17) is 0 Å². The summed E-state index contributed by atoms with van der Waals surface area (Å²) in [5.41, 5.74) is 0. The van der Waals surface area contributed by atoms with Gasteiger partial charge in [-0.15, -0.1) is 0 Å². The lowest BCUT2D eigenvalue weighted by molar-refractivity contribution is -0.0453. The number of alkyl halides is 2. The Morgan fingerprint density at radius 3 is 2.83 bits per heavy atom. The third-order valence-corrected chi connectivity index (χ3v) is 2.32. The summed E-state index contributed by atoms with van der Waals surface area (Å²) in [6, 6.07) is 0. The summed E-state index contributed by atoms with van der Waals surface area (Å²) in [5.74, 6) is -2.28. The van der Waals surface area contributed by atoms with Crippen LogP contribution in [0.1, 0.15) is 39.0 Å². The van der Waals surface area contributed by atoms with Crippen molar-refractivity contribution < 1.29 is 8.78 Å². The molecule has 0 aromatic heterocycles. The smallest absolute Gasteiger partial charge is 0.207 e. The van der Waals surface area contributed by atoms with Gasteiger partial charge in [0.25, 0.3) is 0 Å². The molecule has 0 bridgehead atoms. The minimum atomic E-state index is -2.40. The van der Waals surface area contributed by atoms with Gasteiger partial charge in [-0.3, -0.25) is 0 Å². The standard InChI is InChI=1S/C10H16F2/c1-2-3-5-9-6-4-7-10(11,12)8-9/h3,5,9H,2,4,6-8H2,1H3/b5-3+. The van der Waals surface area contributed by atoms with Crippen molar-refractivity contribution in [1.82, 2.24) is 0 Å². The normalized spacial score (nSPS) is 29.4. The van der Waals surface area contributed by atoms with E-state index in [9.17, 15) is 8.78 Å². The fourth-order valence-corrected chi connectivity index (χ4v) is 1.70. The SMILES string of the molecule is CC/C=C/C1CCCC(F)(F)C1. The Morgan fingerprint density at radius 1 is 1.50 bits per heavy atom. The molecule has 0 saturated heterocycles. The Labute approximate surface area is 72.7 Å². The molecule has 0 heterocycles. The topological polar surface area (TPSA) is 0 Å². The average Bonchev–Trinajstić information content (AvgIpc) is 1.99. The van der Waals surface area contributed by atoms with Crippen molar-refractivity contribution >= 4 is 0 Å². The molecule has 0 amide bonds. The molecule has 1 fully saturated rings. The van der Waals surface area contributed by atoms with Gasteiger partial charge in [-0.1, -0.05) is 19.1 Å². The lowest BCUT2D eigenvalue weighted by atomic mass is 9.86. The molecule has 70 valence electrons. The number of rotatable bonds is 2. The van der Waals surface area contributed by atoms with E-state index in [1.807, 2.05) is 19.1 Å². The number of hydrogen-bond acceptors (Lipinski definition) is 0. The van der Waals surface area contributed by atoms with E-state index in [0.717, 1.165) is 12.8 Å². The molecule has 0 nitrogen and oxygen atoms in total. The molecule has 1 saturated carbocycles. The summed E-state index contributed by atoms with van der Waals surface area (Å²) in [7, 11) is 0. The first-order valence-corrected chi connectivity index (χ1v) is 4.68. The number of allylic oxidation sites excluding steroid dienone is 2. The van der Waals surface area contributed by atoms with Crippen LogP contribution in [0.4, 0.5) is 8.78 Å². The summed E-state index contributed by atoms with van der Waals surface area (Å²) in [6.07, 6.45) is 6.64. The van der Waals surface area contributed by atoms with Crippen molar-refractivity contribution in [2.75, 3.05) is 0 Å². The van der Waals surface area contributed by atoms with E-state index in [1.165, 1.54) is 0 Å². The lowest BCUT2D eigenvalue weighted by Crippen LogP contribution is -2.24. The van der Waals surface area contributed by atoms with Gasteiger partial charge in [0, 0.05) is 12.8 Å². The van der Waals surface area contributed by atoms with Gasteiger partial charge in [-0.25, -0.2) is 8.78 Å². The Hall–Kier alpha value is -0.400. The van der Waals surface area contributed by atoms with Crippen molar-refractivity contribution in [1.29, 1.82) is 0 Å². The zero-order valence-electron chi connectivity index (χ0n) is 7.52. The molecule has 0 aliphatic heterocycles. The predicted octanol–water partition coefficient (Wildman–Crippen LogP) is 3.78. The molecular formula is C10H16F2. The molecule has 1 rings (SSSR count). The van der Waals surface area contributed by atoms with Gasteiger partial charge < -0.3 is 0 Å². The highest BCUT2D eigenvalue weighted by Crippen LogP contribution is 2.37. The second-order valence-electron chi connectivity index (χ2n) is 3.55. The Kier molecular flexibility index (Phi) is 3.24. The third-order valence-electron chi connectivity index (χ3n) is 2.32. The molecular weight excluding hydrogens is 158 g/mol. The largest absolute Gasteiger partial charge is 0.248 e. The van der Waals surface area contributed by atoms with Crippen LogP contribution >= 0.6 is 0 Å². The average molecular weight is 174 g/mol. The summed E-state index contributed by atoms with van der Waals surface area (Å²) < 4.78 is 25.7. The Balaban J connectivity index is 2.41. The first-order chi connectivity index (χ1) is 5.64. The highest BCUT2D eigenvalue weighted by Gasteiger charge is 2.34. The molecule has 0 radical (unpaired) electrons. The van der Waals surface area contributed by atoms with E-state index in [-0.39, 0.29) is 18.8 Å². The number of hydrogen-bond donors (Lipinski definition) is 0. The summed E-state index contributed by atoms with van der Waals surface area (Å²) in [5, 5.41) is 0. The lowest BCUT2D eigenvalue weighted by Gasteiger charge is -2.26. The van der Waals surface area contributed by atoms with E-state index in [2.05, 4.69) is 0 Å². The minimum Gasteiger partial charge on any atom is -0.207 e. The first kappa shape index (κ1) is 9.69. The molecule has 2 heteroatoms. The Morgan fingerprint density at radius 2 is 2.25 bits per heavy atom.